The standard InChI is InChI=1S/C15H23BrN2/c1-13-6-5-10-17-15(13)12-18(11-9-16)14-7-3-2-4-8-14/h5-6,10,14H,2-4,7-9,11-12H2,1H3. The summed E-state index contributed by atoms with van der Waals surface area (Å²) in [7, 11) is 0. The fourth-order valence-corrected chi connectivity index (χ4v) is 3.28. The third kappa shape index (κ3) is 3.79. The molecule has 0 radical (unpaired) electrons. The van der Waals surface area contributed by atoms with Crippen LogP contribution >= 0.6 is 15.9 Å². The van der Waals surface area contributed by atoms with Crippen molar-refractivity contribution in [1.82, 2.24) is 9.88 Å². The van der Waals surface area contributed by atoms with Crippen molar-refractivity contribution in [2.24, 2.45) is 0 Å². The van der Waals surface area contributed by atoms with Gasteiger partial charge in [-0.15, -0.1) is 0 Å². The van der Waals surface area contributed by atoms with Crippen LogP contribution < -0.4 is 0 Å². The van der Waals surface area contributed by atoms with E-state index in [1.807, 2.05) is 12.3 Å². The Morgan fingerprint density at radius 2 is 2.11 bits per heavy atom. The van der Waals surface area contributed by atoms with E-state index in [4.69, 9.17) is 0 Å². The lowest BCUT2D eigenvalue weighted by atomic mass is 9.94. The Bertz CT molecular complexity index is 361. The van der Waals surface area contributed by atoms with Crippen LogP contribution in [0.4, 0.5) is 0 Å². The van der Waals surface area contributed by atoms with Crippen LogP contribution in [0.1, 0.15) is 43.4 Å². The minimum Gasteiger partial charge on any atom is -0.294 e. The summed E-state index contributed by atoms with van der Waals surface area (Å²) in [6, 6.07) is 4.95. The third-order valence-electron chi connectivity index (χ3n) is 3.93. The van der Waals surface area contributed by atoms with Crippen LogP contribution in [0, 0.1) is 6.92 Å². The third-order valence-corrected chi connectivity index (χ3v) is 4.29. The van der Waals surface area contributed by atoms with Gasteiger partial charge in [0, 0.05) is 30.7 Å². The topological polar surface area (TPSA) is 16.1 Å². The maximum absolute atomic E-state index is 4.54. The average molecular weight is 311 g/mol. The summed E-state index contributed by atoms with van der Waals surface area (Å²) in [5.41, 5.74) is 2.55. The van der Waals surface area contributed by atoms with Crippen molar-refractivity contribution >= 4 is 15.9 Å². The van der Waals surface area contributed by atoms with Gasteiger partial charge in [0.25, 0.3) is 0 Å². The first-order valence-electron chi connectivity index (χ1n) is 7.02. The summed E-state index contributed by atoms with van der Waals surface area (Å²) in [6.07, 6.45) is 8.84. The first-order chi connectivity index (χ1) is 8.81. The van der Waals surface area contributed by atoms with Gasteiger partial charge in [0.1, 0.15) is 0 Å². The molecule has 1 aliphatic carbocycles. The number of hydrogen-bond donors (Lipinski definition) is 0. The lowest BCUT2D eigenvalue weighted by Gasteiger charge is -2.34. The van der Waals surface area contributed by atoms with Crippen LogP contribution in [-0.4, -0.2) is 27.8 Å². The quantitative estimate of drug-likeness (QED) is 0.766. The Kier molecular flexibility index (Phi) is 5.64. The lowest BCUT2D eigenvalue weighted by Crippen LogP contribution is -2.38. The molecule has 1 aliphatic rings. The number of rotatable bonds is 5. The highest BCUT2D eigenvalue weighted by atomic mass is 79.9. The smallest absolute Gasteiger partial charge is 0.0573 e. The highest BCUT2D eigenvalue weighted by Crippen LogP contribution is 2.24. The first kappa shape index (κ1) is 14.0. The molecular weight excluding hydrogens is 288 g/mol. The maximum atomic E-state index is 4.54. The predicted octanol–water partition coefficient (Wildman–Crippen LogP) is 3.92. The van der Waals surface area contributed by atoms with Gasteiger partial charge in [0.05, 0.1) is 5.69 Å². The van der Waals surface area contributed by atoms with Crippen LogP contribution in [0.3, 0.4) is 0 Å². The molecule has 100 valence electrons. The van der Waals surface area contributed by atoms with Crippen molar-refractivity contribution in [3.05, 3.63) is 29.6 Å². The van der Waals surface area contributed by atoms with Gasteiger partial charge in [-0.05, 0) is 31.4 Å². The van der Waals surface area contributed by atoms with Crippen LogP contribution in [0.25, 0.3) is 0 Å². The zero-order valence-corrected chi connectivity index (χ0v) is 12.8. The first-order valence-corrected chi connectivity index (χ1v) is 8.14. The van der Waals surface area contributed by atoms with Crippen molar-refractivity contribution in [3.63, 3.8) is 0 Å². The SMILES string of the molecule is Cc1cccnc1CN(CCBr)C1CCCCC1. The fraction of sp³-hybridized carbons (Fsp3) is 0.667. The number of halogens is 1. The zero-order valence-electron chi connectivity index (χ0n) is 11.2. The van der Waals surface area contributed by atoms with Crippen molar-refractivity contribution in [3.8, 4) is 0 Å². The van der Waals surface area contributed by atoms with Gasteiger partial charge in [-0.2, -0.15) is 0 Å². The molecule has 1 heterocycles. The number of hydrogen-bond acceptors (Lipinski definition) is 2. The number of aryl methyl sites for hydroxylation is 1. The van der Waals surface area contributed by atoms with Crippen LogP contribution in [0.2, 0.25) is 0 Å². The summed E-state index contributed by atoms with van der Waals surface area (Å²) >= 11 is 3.59. The molecule has 1 saturated carbocycles. The van der Waals surface area contributed by atoms with E-state index in [0.29, 0.717) is 0 Å². The van der Waals surface area contributed by atoms with E-state index in [-0.39, 0.29) is 0 Å². The monoisotopic (exact) mass is 310 g/mol. The molecule has 2 rings (SSSR count). The highest BCUT2D eigenvalue weighted by molar-refractivity contribution is 9.09. The molecule has 1 aromatic rings. The molecule has 1 fully saturated rings. The number of nitrogens with zero attached hydrogens (tertiary/aromatic N) is 2. The van der Waals surface area contributed by atoms with E-state index in [0.717, 1.165) is 24.5 Å². The van der Waals surface area contributed by atoms with Crippen molar-refractivity contribution < 1.29 is 0 Å². The van der Waals surface area contributed by atoms with E-state index >= 15 is 0 Å². The second kappa shape index (κ2) is 7.25. The molecule has 0 amide bonds. The molecule has 0 aromatic carbocycles. The summed E-state index contributed by atoms with van der Waals surface area (Å²) in [5.74, 6) is 0. The molecule has 18 heavy (non-hydrogen) atoms. The van der Waals surface area contributed by atoms with Crippen molar-refractivity contribution in [2.75, 3.05) is 11.9 Å². The van der Waals surface area contributed by atoms with Gasteiger partial charge >= 0.3 is 0 Å². The van der Waals surface area contributed by atoms with Crippen LogP contribution in [0.5, 0.6) is 0 Å². The Hall–Kier alpha value is -0.410. The molecule has 0 aliphatic heterocycles. The van der Waals surface area contributed by atoms with E-state index in [2.05, 4.69) is 38.8 Å². The second-order valence-electron chi connectivity index (χ2n) is 5.22. The summed E-state index contributed by atoms with van der Waals surface area (Å²) in [4.78, 5) is 7.15. The molecule has 2 nitrogen and oxygen atoms in total. The Balaban J connectivity index is 2.03. The molecule has 0 N–H and O–H groups in total. The van der Waals surface area contributed by atoms with E-state index in [1.54, 1.807) is 0 Å². The molecule has 3 heteroatoms. The molecule has 1 aromatic heterocycles. The Morgan fingerprint density at radius 1 is 1.33 bits per heavy atom. The lowest BCUT2D eigenvalue weighted by molar-refractivity contribution is 0.156. The largest absolute Gasteiger partial charge is 0.294 e. The molecule has 0 spiro atoms. The van der Waals surface area contributed by atoms with Gasteiger partial charge in [0.2, 0.25) is 0 Å². The molecule has 0 unspecified atom stereocenters. The van der Waals surface area contributed by atoms with Gasteiger partial charge in [0.15, 0.2) is 0 Å². The van der Waals surface area contributed by atoms with E-state index < -0.39 is 0 Å². The Morgan fingerprint density at radius 3 is 2.78 bits per heavy atom. The molecule has 0 saturated heterocycles. The molecule has 0 bridgehead atoms. The van der Waals surface area contributed by atoms with Gasteiger partial charge in [-0.25, -0.2) is 0 Å². The minimum atomic E-state index is 0.762. The molecule has 0 atom stereocenters. The van der Waals surface area contributed by atoms with Crippen LogP contribution in [-0.2, 0) is 6.54 Å². The van der Waals surface area contributed by atoms with E-state index in [1.165, 1.54) is 43.4 Å². The number of pyridine rings is 1. The van der Waals surface area contributed by atoms with Gasteiger partial charge < -0.3 is 0 Å². The molecular formula is C15H23BrN2. The normalized spacial score (nSPS) is 17.3. The van der Waals surface area contributed by atoms with Gasteiger partial charge in [-0.3, -0.25) is 9.88 Å². The average Bonchev–Trinajstić information content (AvgIpc) is 2.42. The second-order valence-corrected chi connectivity index (χ2v) is 6.01. The van der Waals surface area contributed by atoms with E-state index in [9.17, 15) is 0 Å². The number of alkyl halides is 1. The summed E-state index contributed by atoms with van der Waals surface area (Å²) in [5, 5.41) is 1.05. The van der Waals surface area contributed by atoms with Crippen molar-refractivity contribution in [1.29, 1.82) is 0 Å². The Labute approximate surface area is 119 Å². The van der Waals surface area contributed by atoms with Crippen molar-refractivity contribution in [2.45, 2.75) is 51.6 Å². The summed E-state index contributed by atoms with van der Waals surface area (Å²) < 4.78 is 0. The maximum Gasteiger partial charge on any atom is 0.0573 e. The highest BCUT2D eigenvalue weighted by Gasteiger charge is 2.21. The summed E-state index contributed by atoms with van der Waals surface area (Å²) in [6.45, 7) is 4.29. The minimum absolute atomic E-state index is 0.762. The number of aromatic nitrogens is 1. The predicted molar refractivity (Wildman–Crippen MR) is 80.1 cm³/mol. The zero-order chi connectivity index (χ0) is 12.8. The van der Waals surface area contributed by atoms with Gasteiger partial charge in [-0.1, -0.05) is 41.3 Å². The fourth-order valence-electron chi connectivity index (χ4n) is 2.82. The van der Waals surface area contributed by atoms with Crippen LogP contribution in [0.15, 0.2) is 18.3 Å².